The molecule has 0 N–H and O–H groups in total. The number of thiophene rings is 1. The molecule has 3 aliphatic heterocycles. The maximum absolute atomic E-state index is 16.3. The number of benzene rings is 1. The molecule has 4 aromatic heterocycles. The summed E-state index contributed by atoms with van der Waals surface area (Å²) in [4.78, 5) is 19.5. The standard InChI is InChI=1S/C38H36F2N6O4S/c1-5-34(47)45-21-27-18-32(43-46(27)19-23(45)2)37-36-35-29(40)16-26(39)17-33(35)50-24(3)22-49-13-7-6-12-48-14-10-30-25(20-44(4)42-30)8-9-31(41-37)28-11-15-51-38(28)36/h5-11,14-18,20,23-24H,1,12-13,19,21-22H2,2-4H3/b7-6+,9-8+,14-10+/t23-,24-/m0/s1. The number of amides is 1. The number of fused-ring (bicyclic) bond motifs is 10. The van der Waals surface area contributed by atoms with E-state index >= 15 is 4.39 Å². The lowest BCUT2D eigenvalue weighted by Crippen LogP contribution is -2.44. The van der Waals surface area contributed by atoms with Gasteiger partial charge in [0.2, 0.25) is 5.91 Å². The zero-order valence-corrected chi connectivity index (χ0v) is 29.2. The second-order valence-electron chi connectivity index (χ2n) is 12.4. The molecule has 3 aliphatic rings. The largest absolute Gasteiger partial charge is 0.497 e. The number of aromatic nitrogens is 5. The van der Waals surface area contributed by atoms with Crippen LogP contribution in [0.5, 0.6) is 5.75 Å². The molecule has 2 bridgehead atoms. The lowest BCUT2D eigenvalue weighted by atomic mass is 9.97. The zero-order chi connectivity index (χ0) is 35.6. The van der Waals surface area contributed by atoms with Crippen molar-refractivity contribution in [2.24, 2.45) is 7.05 Å². The predicted octanol–water partition coefficient (Wildman–Crippen LogP) is 7.27. The Balaban J connectivity index is 1.45. The van der Waals surface area contributed by atoms with Gasteiger partial charge in [0.1, 0.15) is 41.5 Å². The van der Waals surface area contributed by atoms with Crippen molar-refractivity contribution in [2.75, 3.05) is 19.8 Å². The van der Waals surface area contributed by atoms with Gasteiger partial charge in [-0.3, -0.25) is 14.2 Å². The molecular formula is C38H36F2N6O4S. The highest BCUT2D eigenvalue weighted by molar-refractivity contribution is 7.17. The molecule has 262 valence electrons. The van der Waals surface area contributed by atoms with E-state index in [4.69, 9.17) is 24.3 Å². The van der Waals surface area contributed by atoms with Gasteiger partial charge in [-0.15, -0.1) is 11.3 Å². The Kier molecular flexibility index (Phi) is 9.65. The normalized spacial score (nSPS) is 19.9. The topological polar surface area (TPSA) is 96.5 Å². The third kappa shape index (κ3) is 6.99. The molecule has 0 fully saturated rings. The number of carbonyl (C=O) groups is 1. The number of rotatable bonds is 2. The van der Waals surface area contributed by atoms with Gasteiger partial charge < -0.3 is 19.1 Å². The molecule has 0 radical (unpaired) electrons. The monoisotopic (exact) mass is 710 g/mol. The van der Waals surface area contributed by atoms with Gasteiger partial charge in [-0.25, -0.2) is 13.8 Å². The van der Waals surface area contributed by atoms with Crippen molar-refractivity contribution >= 4 is 45.6 Å². The Labute approximate surface area is 297 Å². The SMILES string of the molecule is C=CC(=O)N1Cc2cc(-c3nc4c5ccsc5c3-c3c(F)cc(F)cc3O[C@@H](C)COC/C=C/CO/C=C/c3nn(C)cc3/C=C/4)nn2C[C@@H]1C. The molecule has 0 aliphatic carbocycles. The molecule has 7 heterocycles. The van der Waals surface area contributed by atoms with Crippen molar-refractivity contribution in [3.05, 3.63) is 101 Å². The second-order valence-corrected chi connectivity index (χ2v) is 13.3. The summed E-state index contributed by atoms with van der Waals surface area (Å²) < 4.78 is 53.1. The van der Waals surface area contributed by atoms with Gasteiger partial charge in [-0.2, -0.15) is 10.2 Å². The number of halogens is 2. The van der Waals surface area contributed by atoms with Crippen LogP contribution in [0.4, 0.5) is 8.78 Å². The highest BCUT2D eigenvalue weighted by Crippen LogP contribution is 2.46. The number of aryl methyl sites for hydroxylation is 1. The number of hydrogen-bond donors (Lipinski definition) is 0. The minimum Gasteiger partial charge on any atom is -0.497 e. The molecule has 0 saturated carbocycles. The summed E-state index contributed by atoms with van der Waals surface area (Å²) in [5, 5.41) is 12.2. The van der Waals surface area contributed by atoms with E-state index in [-0.39, 0.29) is 29.9 Å². The molecule has 0 unspecified atom stereocenters. The van der Waals surface area contributed by atoms with Gasteiger partial charge in [0.25, 0.3) is 0 Å². The van der Waals surface area contributed by atoms with Gasteiger partial charge in [-0.1, -0.05) is 12.7 Å². The van der Waals surface area contributed by atoms with Crippen LogP contribution in [0.25, 0.3) is 50.8 Å². The van der Waals surface area contributed by atoms with E-state index < -0.39 is 17.7 Å². The fourth-order valence-electron chi connectivity index (χ4n) is 6.29. The predicted molar refractivity (Wildman–Crippen MR) is 194 cm³/mol. The number of ether oxygens (including phenoxy) is 3. The van der Waals surface area contributed by atoms with Crippen LogP contribution in [0, 0.1) is 11.6 Å². The van der Waals surface area contributed by atoms with Gasteiger partial charge >= 0.3 is 0 Å². The van der Waals surface area contributed by atoms with Gasteiger partial charge in [0.15, 0.2) is 0 Å². The maximum Gasteiger partial charge on any atom is 0.246 e. The Morgan fingerprint density at radius 3 is 2.75 bits per heavy atom. The maximum atomic E-state index is 16.3. The average Bonchev–Trinajstić information content (AvgIpc) is 3.83. The van der Waals surface area contributed by atoms with Crippen molar-refractivity contribution in [2.45, 2.75) is 39.1 Å². The first-order chi connectivity index (χ1) is 24.7. The van der Waals surface area contributed by atoms with E-state index in [1.807, 2.05) is 66.7 Å². The average molecular weight is 711 g/mol. The molecular weight excluding hydrogens is 675 g/mol. The van der Waals surface area contributed by atoms with Crippen LogP contribution in [0.1, 0.15) is 36.5 Å². The van der Waals surface area contributed by atoms with E-state index in [2.05, 4.69) is 11.7 Å². The lowest BCUT2D eigenvalue weighted by molar-refractivity contribution is -0.129. The van der Waals surface area contributed by atoms with E-state index in [1.165, 1.54) is 23.5 Å². The van der Waals surface area contributed by atoms with Crippen LogP contribution >= 0.6 is 11.3 Å². The number of carbonyl (C=O) groups excluding carboxylic acids is 1. The van der Waals surface area contributed by atoms with E-state index in [0.29, 0.717) is 54.6 Å². The van der Waals surface area contributed by atoms with Crippen LogP contribution in [0.2, 0.25) is 0 Å². The van der Waals surface area contributed by atoms with Crippen molar-refractivity contribution in [3.63, 3.8) is 0 Å². The van der Waals surface area contributed by atoms with Crippen LogP contribution in [-0.4, -0.2) is 67.3 Å². The van der Waals surface area contributed by atoms with Crippen LogP contribution in [0.15, 0.2) is 66.9 Å². The molecule has 1 amide bonds. The van der Waals surface area contributed by atoms with Gasteiger partial charge in [0, 0.05) is 58.7 Å². The summed E-state index contributed by atoms with van der Waals surface area (Å²) in [6.07, 6.45) is 13.5. The van der Waals surface area contributed by atoms with E-state index in [1.54, 1.807) is 28.8 Å². The molecule has 10 nitrogen and oxygen atoms in total. The third-order valence-corrected chi connectivity index (χ3v) is 9.59. The molecule has 0 saturated heterocycles. The Morgan fingerprint density at radius 1 is 1.06 bits per heavy atom. The second kappa shape index (κ2) is 14.4. The quantitative estimate of drug-likeness (QED) is 0.141. The molecule has 1 aromatic carbocycles. The molecule has 0 spiro atoms. The van der Waals surface area contributed by atoms with E-state index in [9.17, 15) is 9.18 Å². The molecule has 51 heavy (non-hydrogen) atoms. The van der Waals surface area contributed by atoms with E-state index in [0.717, 1.165) is 27.4 Å². The van der Waals surface area contributed by atoms with Crippen LogP contribution in [0.3, 0.4) is 0 Å². The van der Waals surface area contributed by atoms with Gasteiger partial charge in [-0.05, 0) is 55.7 Å². The molecule has 2 atom stereocenters. The van der Waals surface area contributed by atoms with Crippen molar-refractivity contribution < 1.29 is 27.8 Å². The Bertz CT molecular complexity index is 2220. The van der Waals surface area contributed by atoms with Crippen molar-refractivity contribution in [1.82, 2.24) is 29.4 Å². The summed E-state index contributed by atoms with van der Waals surface area (Å²) in [6.45, 7) is 8.95. The molecule has 5 aromatic rings. The molecule has 13 heteroatoms. The summed E-state index contributed by atoms with van der Waals surface area (Å²) in [7, 11) is 1.84. The first kappa shape index (κ1) is 34.1. The number of nitrogens with zero attached hydrogens (tertiary/aromatic N) is 6. The number of pyridine rings is 1. The van der Waals surface area contributed by atoms with Crippen molar-refractivity contribution in [3.8, 4) is 28.3 Å². The fraction of sp³-hybridized carbons (Fsp3) is 0.263. The summed E-state index contributed by atoms with van der Waals surface area (Å²) in [5.74, 6) is -1.73. The first-order valence-corrected chi connectivity index (χ1v) is 17.4. The first-order valence-electron chi connectivity index (χ1n) is 16.5. The van der Waals surface area contributed by atoms with Crippen LogP contribution in [-0.2, 0) is 34.4 Å². The Morgan fingerprint density at radius 2 is 1.90 bits per heavy atom. The summed E-state index contributed by atoms with van der Waals surface area (Å²) in [5.41, 5.74) is 4.29. The fourth-order valence-corrected chi connectivity index (χ4v) is 7.25. The lowest BCUT2D eigenvalue weighted by Gasteiger charge is -2.33. The smallest absolute Gasteiger partial charge is 0.246 e. The van der Waals surface area contributed by atoms with Crippen LogP contribution < -0.4 is 4.74 Å². The molecule has 8 rings (SSSR count). The third-order valence-electron chi connectivity index (χ3n) is 8.66. The van der Waals surface area contributed by atoms with Crippen molar-refractivity contribution in [1.29, 1.82) is 0 Å². The number of hydrogen-bond acceptors (Lipinski definition) is 8. The highest BCUT2D eigenvalue weighted by Gasteiger charge is 2.30. The minimum atomic E-state index is -0.798. The highest BCUT2D eigenvalue weighted by atomic mass is 32.1. The Hall–Kier alpha value is -5.40. The van der Waals surface area contributed by atoms with Gasteiger partial charge in [0.05, 0.1) is 55.2 Å². The summed E-state index contributed by atoms with van der Waals surface area (Å²) in [6, 6.07) is 5.70. The minimum absolute atomic E-state index is 0.0194. The summed E-state index contributed by atoms with van der Waals surface area (Å²) >= 11 is 1.41. The zero-order valence-electron chi connectivity index (χ0n) is 28.4.